The van der Waals surface area contributed by atoms with Crippen LogP contribution in [0.25, 0.3) is 0 Å². The van der Waals surface area contributed by atoms with Gasteiger partial charge < -0.3 is 15.0 Å². The molecule has 1 aromatic heterocycles. The Morgan fingerprint density at radius 1 is 1.14 bits per heavy atom. The molecule has 0 radical (unpaired) electrons. The molecule has 1 aromatic carbocycles. The topological polar surface area (TPSA) is 75.7 Å². The first-order valence-electron chi connectivity index (χ1n) is 9.39. The number of anilines is 1. The molecule has 2 heterocycles. The van der Waals surface area contributed by atoms with Gasteiger partial charge in [0.05, 0.1) is 10.4 Å². The number of nitrogens with one attached hydrogen (secondary N) is 1. The molecule has 6 nitrogen and oxygen atoms in total. The Kier molecular flexibility index (Phi) is 6.46. The Labute approximate surface area is 168 Å². The summed E-state index contributed by atoms with van der Waals surface area (Å²) in [5.74, 6) is -0.989. The number of nitrogens with zero attached hydrogens (tertiary/aromatic N) is 1. The van der Waals surface area contributed by atoms with E-state index in [2.05, 4.69) is 5.32 Å². The van der Waals surface area contributed by atoms with E-state index in [4.69, 9.17) is 4.74 Å². The van der Waals surface area contributed by atoms with Crippen molar-refractivity contribution < 1.29 is 19.1 Å². The van der Waals surface area contributed by atoms with E-state index < -0.39 is 5.97 Å². The van der Waals surface area contributed by atoms with Crippen LogP contribution >= 0.6 is 11.3 Å². The summed E-state index contributed by atoms with van der Waals surface area (Å²) in [5.41, 5.74) is 0.786. The van der Waals surface area contributed by atoms with Gasteiger partial charge in [-0.2, -0.15) is 0 Å². The van der Waals surface area contributed by atoms with Gasteiger partial charge in [-0.1, -0.05) is 12.1 Å². The molecule has 1 aliphatic heterocycles. The standard InChI is InChI=1S/C21H24N2O4S/c1-14-6-3-7-15(2)23(14)19(24)13-27-21(26)16-8-4-9-17(12-16)22-20(25)18-10-5-11-28-18/h4-5,8-12,14-15H,3,6-7,13H2,1-2H3,(H,22,25)/t14-,15-/m1/s1. The number of carbonyl (C=O) groups excluding carboxylic acids is 3. The van der Waals surface area contributed by atoms with Crippen molar-refractivity contribution in [1.29, 1.82) is 0 Å². The van der Waals surface area contributed by atoms with E-state index in [0.29, 0.717) is 10.6 Å². The first kappa shape index (κ1) is 20.1. The van der Waals surface area contributed by atoms with Crippen LogP contribution in [0.1, 0.15) is 53.1 Å². The van der Waals surface area contributed by atoms with E-state index >= 15 is 0 Å². The van der Waals surface area contributed by atoms with Crippen molar-refractivity contribution >= 4 is 34.8 Å². The summed E-state index contributed by atoms with van der Waals surface area (Å²) >= 11 is 1.34. The van der Waals surface area contributed by atoms with Gasteiger partial charge in [0, 0.05) is 17.8 Å². The maximum atomic E-state index is 12.5. The fraction of sp³-hybridized carbons (Fsp3) is 0.381. The van der Waals surface area contributed by atoms with Crippen molar-refractivity contribution in [1.82, 2.24) is 4.90 Å². The van der Waals surface area contributed by atoms with Crippen LogP contribution in [-0.4, -0.2) is 41.4 Å². The number of likely N-dealkylation sites (tertiary alicyclic amines) is 1. The highest BCUT2D eigenvalue weighted by Crippen LogP contribution is 2.22. The first-order chi connectivity index (χ1) is 13.5. The number of esters is 1. The maximum Gasteiger partial charge on any atom is 0.338 e. The summed E-state index contributed by atoms with van der Waals surface area (Å²) in [6, 6.07) is 10.4. The molecular formula is C21H24N2O4S. The molecule has 1 N–H and O–H groups in total. The van der Waals surface area contributed by atoms with Crippen LogP contribution in [0.4, 0.5) is 5.69 Å². The highest BCUT2D eigenvalue weighted by Gasteiger charge is 2.29. The van der Waals surface area contributed by atoms with Crippen molar-refractivity contribution in [2.75, 3.05) is 11.9 Å². The second kappa shape index (κ2) is 9.01. The molecular weight excluding hydrogens is 376 g/mol. The summed E-state index contributed by atoms with van der Waals surface area (Å²) in [6.45, 7) is 3.77. The number of rotatable bonds is 5. The second-order valence-corrected chi connectivity index (χ2v) is 7.97. The van der Waals surface area contributed by atoms with E-state index in [1.807, 2.05) is 24.1 Å². The van der Waals surface area contributed by atoms with Crippen molar-refractivity contribution in [3.63, 3.8) is 0 Å². The first-order valence-corrected chi connectivity index (χ1v) is 10.3. The minimum absolute atomic E-state index is 0.158. The fourth-order valence-corrected chi connectivity index (χ4v) is 4.14. The summed E-state index contributed by atoms with van der Waals surface area (Å²) in [4.78, 5) is 39.4. The number of hydrogen-bond acceptors (Lipinski definition) is 5. The molecule has 2 atom stereocenters. The van der Waals surface area contributed by atoms with Crippen LogP contribution < -0.4 is 5.32 Å². The number of amides is 2. The lowest BCUT2D eigenvalue weighted by Gasteiger charge is -2.38. The minimum Gasteiger partial charge on any atom is -0.452 e. The number of piperidine rings is 1. The molecule has 0 unspecified atom stereocenters. The molecule has 0 spiro atoms. The van der Waals surface area contributed by atoms with Crippen LogP contribution in [-0.2, 0) is 9.53 Å². The van der Waals surface area contributed by atoms with E-state index in [1.54, 1.807) is 36.4 Å². The number of ether oxygens (including phenoxy) is 1. The molecule has 1 aliphatic rings. The third-order valence-corrected chi connectivity index (χ3v) is 5.78. The van der Waals surface area contributed by atoms with Gasteiger partial charge in [-0.25, -0.2) is 4.79 Å². The van der Waals surface area contributed by atoms with Crippen LogP contribution in [0.3, 0.4) is 0 Å². The molecule has 0 bridgehead atoms. The van der Waals surface area contributed by atoms with Gasteiger partial charge in [-0.15, -0.1) is 11.3 Å². The minimum atomic E-state index is -0.585. The molecule has 0 aliphatic carbocycles. The zero-order valence-corrected chi connectivity index (χ0v) is 16.8. The van der Waals surface area contributed by atoms with Crippen molar-refractivity contribution in [2.24, 2.45) is 0 Å². The van der Waals surface area contributed by atoms with Gasteiger partial charge in [-0.05, 0) is 62.8 Å². The van der Waals surface area contributed by atoms with Crippen LogP contribution in [0.2, 0.25) is 0 Å². The molecule has 0 saturated carbocycles. The van der Waals surface area contributed by atoms with Crippen molar-refractivity contribution in [3.05, 3.63) is 52.2 Å². The molecule has 7 heteroatoms. The number of hydrogen-bond donors (Lipinski definition) is 1. The zero-order chi connectivity index (χ0) is 20.1. The van der Waals surface area contributed by atoms with E-state index in [9.17, 15) is 14.4 Å². The largest absolute Gasteiger partial charge is 0.452 e. The third kappa shape index (κ3) is 4.78. The van der Waals surface area contributed by atoms with E-state index in [1.165, 1.54) is 11.3 Å². The number of benzene rings is 1. The Hall–Kier alpha value is -2.67. The highest BCUT2D eigenvalue weighted by atomic mass is 32.1. The molecule has 1 saturated heterocycles. The second-order valence-electron chi connectivity index (χ2n) is 7.02. The quantitative estimate of drug-likeness (QED) is 0.771. The lowest BCUT2D eigenvalue weighted by molar-refractivity contribution is -0.140. The SMILES string of the molecule is C[C@@H]1CCC[C@@H](C)N1C(=O)COC(=O)c1cccc(NC(=O)c2cccs2)c1. The predicted octanol–water partition coefficient (Wildman–Crippen LogP) is 3.95. The van der Waals surface area contributed by atoms with Crippen LogP contribution in [0, 0.1) is 0 Å². The average molecular weight is 401 g/mol. The average Bonchev–Trinajstić information content (AvgIpc) is 3.21. The van der Waals surface area contributed by atoms with Gasteiger partial charge in [0.15, 0.2) is 6.61 Å². The predicted molar refractivity (Wildman–Crippen MR) is 109 cm³/mol. The summed E-state index contributed by atoms with van der Waals surface area (Å²) in [5, 5.41) is 4.58. The molecule has 148 valence electrons. The lowest BCUT2D eigenvalue weighted by Crippen LogP contribution is -2.49. The van der Waals surface area contributed by atoms with Crippen LogP contribution in [0.5, 0.6) is 0 Å². The Morgan fingerprint density at radius 2 is 1.89 bits per heavy atom. The Balaban J connectivity index is 1.58. The Bertz CT molecular complexity index is 840. The monoisotopic (exact) mass is 400 g/mol. The smallest absolute Gasteiger partial charge is 0.338 e. The van der Waals surface area contributed by atoms with Gasteiger partial charge in [0.2, 0.25) is 0 Å². The molecule has 3 rings (SSSR count). The number of carbonyl (C=O) groups is 3. The van der Waals surface area contributed by atoms with E-state index in [-0.39, 0.29) is 36.1 Å². The Morgan fingerprint density at radius 3 is 2.57 bits per heavy atom. The molecule has 28 heavy (non-hydrogen) atoms. The van der Waals surface area contributed by atoms with Crippen molar-refractivity contribution in [3.8, 4) is 0 Å². The zero-order valence-electron chi connectivity index (χ0n) is 16.0. The fourth-order valence-electron chi connectivity index (χ4n) is 3.52. The molecule has 1 fully saturated rings. The summed E-state index contributed by atoms with van der Waals surface area (Å²) < 4.78 is 5.23. The highest BCUT2D eigenvalue weighted by molar-refractivity contribution is 7.12. The normalized spacial score (nSPS) is 19.1. The van der Waals surface area contributed by atoms with Gasteiger partial charge in [0.25, 0.3) is 11.8 Å². The number of thiophene rings is 1. The summed E-state index contributed by atoms with van der Waals surface area (Å²) in [7, 11) is 0. The third-order valence-electron chi connectivity index (χ3n) is 4.91. The molecule has 2 aromatic rings. The van der Waals surface area contributed by atoms with Gasteiger partial charge in [0.1, 0.15) is 0 Å². The van der Waals surface area contributed by atoms with E-state index in [0.717, 1.165) is 19.3 Å². The van der Waals surface area contributed by atoms with Crippen molar-refractivity contribution in [2.45, 2.75) is 45.2 Å². The van der Waals surface area contributed by atoms with Gasteiger partial charge in [-0.3, -0.25) is 9.59 Å². The molecule has 2 amide bonds. The van der Waals surface area contributed by atoms with Gasteiger partial charge >= 0.3 is 5.97 Å². The van der Waals surface area contributed by atoms with Crippen LogP contribution in [0.15, 0.2) is 41.8 Å². The maximum absolute atomic E-state index is 12.5. The lowest BCUT2D eigenvalue weighted by atomic mass is 9.97. The summed E-state index contributed by atoms with van der Waals surface area (Å²) in [6.07, 6.45) is 3.04.